The molecule has 1 atom stereocenters. The minimum absolute atomic E-state index is 0.391. The summed E-state index contributed by atoms with van der Waals surface area (Å²) in [6.45, 7) is 0. The fraction of sp³-hybridized carbons (Fsp3) is 0.294. The minimum atomic E-state index is 0.391. The molecule has 0 saturated heterocycles. The molecule has 0 saturated carbocycles. The number of methoxy groups -OCH3 is 1. The summed E-state index contributed by atoms with van der Waals surface area (Å²) in [7, 11) is 1.68. The van der Waals surface area contributed by atoms with Crippen molar-refractivity contribution in [3.63, 3.8) is 0 Å². The summed E-state index contributed by atoms with van der Waals surface area (Å²) >= 11 is 12.1. The van der Waals surface area contributed by atoms with Gasteiger partial charge in [-0.1, -0.05) is 35.9 Å². The minimum Gasteiger partial charge on any atom is -0.497 e. The third kappa shape index (κ3) is 4.43. The van der Waals surface area contributed by atoms with E-state index in [0.29, 0.717) is 11.8 Å². The first-order valence-electron chi connectivity index (χ1n) is 6.64. The number of hydrogen-bond acceptors (Lipinski definition) is 1. The topological polar surface area (TPSA) is 9.23 Å². The summed E-state index contributed by atoms with van der Waals surface area (Å²) in [6, 6.07) is 16.1. The lowest BCUT2D eigenvalue weighted by Crippen LogP contribution is -2.10. The number of hydrogen-bond donors (Lipinski definition) is 0. The van der Waals surface area contributed by atoms with Crippen molar-refractivity contribution in [1.29, 1.82) is 0 Å². The van der Waals surface area contributed by atoms with Crippen LogP contribution in [0.15, 0.2) is 48.5 Å². The molecule has 0 bridgehead atoms. The quantitative estimate of drug-likeness (QED) is 0.683. The van der Waals surface area contributed by atoms with Gasteiger partial charge in [-0.2, -0.15) is 0 Å². The largest absolute Gasteiger partial charge is 0.497 e. The van der Waals surface area contributed by atoms with Crippen LogP contribution in [-0.2, 0) is 12.8 Å². The maximum absolute atomic E-state index is 6.12. The van der Waals surface area contributed by atoms with Gasteiger partial charge in [0.25, 0.3) is 0 Å². The Morgan fingerprint density at radius 3 is 2.25 bits per heavy atom. The van der Waals surface area contributed by atoms with Gasteiger partial charge in [0, 0.05) is 10.9 Å². The second-order valence-electron chi connectivity index (χ2n) is 4.91. The highest BCUT2D eigenvalue weighted by Crippen LogP contribution is 2.21. The Labute approximate surface area is 130 Å². The molecule has 2 rings (SSSR count). The average molecular weight is 309 g/mol. The van der Waals surface area contributed by atoms with Gasteiger partial charge in [0.2, 0.25) is 0 Å². The van der Waals surface area contributed by atoms with E-state index in [4.69, 9.17) is 27.9 Å². The molecule has 0 aromatic heterocycles. The van der Waals surface area contributed by atoms with Crippen LogP contribution < -0.4 is 4.74 Å². The van der Waals surface area contributed by atoms with Crippen molar-refractivity contribution < 1.29 is 4.74 Å². The van der Waals surface area contributed by atoms with Gasteiger partial charge in [-0.25, -0.2) is 0 Å². The number of alkyl halides is 1. The second kappa shape index (κ2) is 7.56. The maximum atomic E-state index is 6.12. The van der Waals surface area contributed by atoms with Gasteiger partial charge < -0.3 is 4.74 Å². The number of benzene rings is 2. The summed E-state index contributed by atoms with van der Waals surface area (Å²) in [5, 5.41) is 0.775. The summed E-state index contributed by atoms with van der Waals surface area (Å²) in [6.07, 6.45) is 1.87. The standard InChI is InChI=1S/C17H18Cl2O/c1-20-17-7-3-5-14(11-17)9-15(12-18)8-13-4-2-6-16(19)10-13/h2-7,10-11,15H,8-9,12H2,1H3. The first-order valence-corrected chi connectivity index (χ1v) is 7.56. The van der Waals surface area contributed by atoms with Gasteiger partial charge >= 0.3 is 0 Å². The predicted octanol–water partition coefficient (Wildman–Crippen LogP) is 4.99. The molecule has 2 aromatic carbocycles. The molecule has 106 valence electrons. The van der Waals surface area contributed by atoms with Gasteiger partial charge in [0.05, 0.1) is 7.11 Å². The zero-order chi connectivity index (χ0) is 14.4. The number of rotatable bonds is 6. The molecular formula is C17H18Cl2O. The van der Waals surface area contributed by atoms with Crippen molar-refractivity contribution >= 4 is 23.2 Å². The number of ether oxygens (including phenoxy) is 1. The lowest BCUT2D eigenvalue weighted by molar-refractivity contribution is 0.414. The van der Waals surface area contributed by atoms with Crippen LogP contribution in [-0.4, -0.2) is 13.0 Å². The SMILES string of the molecule is COc1cccc(CC(CCl)Cc2cccc(Cl)c2)c1. The maximum Gasteiger partial charge on any atom is 0.119 e. The summed E-state index contributed by atoms with van der Waals surface area (Å²) < 4.78 is 5.25. The Bertz CT molecular complexity index is 554. The van der Waals surface area contributed by atoms with Crippen LogP contribution in [0.5, 0.6) is 5.75 Å². The predicted molar refractivity (Wildman–Crippen MR) is 86.1 cm³/mol. The van der Waals surface area contributed by atoms with E-state index in [2.05, 4.69) is 18.2 Å². The molecule has 0 amide bonds. The van der Waals surface area contributed by atoms with Crippen molar-refractivity contribution in [1.82, 2.24) is 0 Å². The zero-order valence-electron chi connectivity index (χ0n) is 11.5. The van der Waals surface area contributed by atoms with E-state index in [0.717, 1.165) is 23.6 Å². The molecule has 0 aliphatic heterocycles. The van der Waals surface area contributed by atoms with Gasteiger partial charge in [-0.3, -0.25) is 0 Å². The number of halogens is 2. The van der Waals surface area contributed by atoms with Crippen LogP contribution >= 0.6 is 23.2 Å². The van der Waals surface area contributed by atoms with E-state index in [1.807, 2.05) is 30.3 Å². The highest BCUT2D eigenvalue weighted by molar-refractivity contribution is 6.30. The van der Waals surface area contributed by atoms with E-state index in [9.17, 15) is 0 Å². The highest BCUT2D eigenvalue weighted by atomic mass is 35.5. The molecule has 0 aliphatic carbocycles. The molecule has 0 N–H and O–H groups in total. The van der Waals surface area contributed by atoms with Gasteiger partial charge in [-0.15, -0.1) is 11.6 Å². The van der Waals surface area contributed by atoms with Gasteiger partial charge in [0.15, 0.2) is 0 Å². The van der Waals surface area contributed by atoms with Crippen molar-refractivity contribution in [2.24, 2.45) is 5.92 Å². The third-order valence-electron chi connectivity index (χ3n) is 3.29. The summed E-state index contributed by atoms with van der Waals surface area (Å²) in [4.78, 5) is 0. The molecule has 0 spiro atoms. The van der Waals surface area contributed by atoms with E-state index >= 15 is 0 Å². The summed E-state index contributed by atoms with van der Waals surface area (Å²) in [5.41, 5.74) is 2.48. The normalized spacial score (nSPS) is 12.2. The van der Waals surface area contributed by atoms with E-state index in [-0.39, 0.29) is 0 Å². The molecule has 0 fully saturated rings. The molecule has 0 radical (unpaired) electrons. The first kappa shape index (κ1) is 15.2. The van der Waals surface area contributed by atoms with Crippen molar-refractivity contribution in [3.8, 4) is 5.75 Å². The first-order chi connectivity index (χ1) is 9.71. The average Bonchev–Trinajstić information content (AvgIpc) is 2.47. The Morgan fingerprint density at radius 2 is 1.65 bits per heavy atom. The van der Waals surface area contributed by atoms with E-state index in [1.165, 1.54) is 11.1 Å². The zero-order valence-corrected chi connectivity index (χ0v) is 13.0. The molecule has 0 aliphatic rings. The highest BCUT2D eigenvalue weighted by Gasteiger charge is 2.10. The van der Waals surface area contributed by atoms with Crippen LogP contribution in [0, 0.1) is 5.92 Å². The van der Waals surface area contributed by atoms with E-state index in [1.54, 1.807) is 7.11 Å². The van der Waals surface area contributed by atoms with Crippen LogP contribution in [0.4, 0.5) is 0 Å². The molecule has 1 nitrogen and oxygen atoms in total. The molecule has 2 aromatic rings. The fourth-order valence-corrected chi connectivity index (χ4v) is 2.74. The van der Waals surface area contributed by atoms with E-state index < -0.39 is 0 Å². The molecular weight excluding hydrogens is 291 g/mol. The smallest absolute Gasteiger partial charge is 0.119 e. The summed E-state index contributed by atoms with van der Waals surface area (Å²) in [5.74, 6) is 1.91. The Balaban J connectivity index is 2.05. The van der Waals surface area contributed by atoms with Crippen LogP contribution in [0.3, 0.4) is 0 Å². The van der Waals surface area contributed by atoms with Crippen molar-refractivity contribution in [2.45, 2.75) is 12.8 Å². The lowest BCUT2D eigenvalue weighted by Gasteiger charge is -2.15. The Hall–Kier alpha value is -1.18. The van der Waals surface area contributed by atoms with Crippen LogP contribution in [0.25, 0.3) is 0 Å². The third-order valence-corrected chi connectivity index (χ3v) is 3.96. The lowest BCUT2D eigenvalue weighted by atomic mass is 9.94. The molecule has 1 unspecified atom stereocenters. The molecule has 20 heavy (non-hydrogen) atoms. The monoisotopic (exact) mass is 308 g/mol. The van der Waals surface area contributed by atoms with Crippen molar-refractivity contribution in [3.05, 3.63) is 64.7 Å². The Kier molecular flexibility index (Phi) is 5.75. The van der Waals surface area contributed by atoms with Crippen molar-refractivity contribution in [2.75, 3.05) is 13.0 Å². The van der Waals surface area contributed by atoms with Crippen LogP contribution in [0.2, 0.25) is 5.02 Å². The molecule has 3 heteroatoms. The van der Waals surface area contributed by atoms with Gasteiger partial charge in [0.1, 0.15) is 5.75 Å². The van der Waals surface area contributed by atoms with Crippen LogP contribution in [0.1, 0.15) is 11.1 Å². The molecule has 0 heterocycles. The Morgan fingerprint density at radius 1 is 1.00 bits per heavy atom. The fourth-order valence-electron chi connectivity index (χ4n) is 2.31. The second-order valence-corrected chi connectivity index (χ2v) is 5.66. The van der Waals surface area contributed by atoms with Gasteiger partial charge in [-0.05, 0) is 54.2 Å².